The molecule has 94 valence electrons. The number of carbonyl (C=O) groups is 1. The summed E-state index contributed by atoms with van der Waals surface area (Å²) in [5, 5.41) is 12.2. The lowest BCUT2D eigenvalue weighted by molar-refractivity contribution is -0.152. The highest BCUT2D eigenvalue weighted by atomic mass is 16.5. The minimum absolute atomic E-state index is 0.555. The van der Waals surface area contributed by atoms with E-state index in [-0.39, 0.29) is 0 Å². The Kier molecular flexibility index (Phi) is 4.37. The number of hydrogen-bond donors (Lipinski definition) is 2. The molecule has 0 amide bonds. The monoisotopic (exact) mass is 237 g/mol. The van der Waals surface area contributed by atoms with Crippen molar-refractivity contribution < 1.29 is 14.6 Å². The summed E-state index contributed by atoms with van der Waals surface area (Å²) < 4.78 is 5.40. The first kappa shape index (κ1) is 13.4. The smallest absolute Gasteiger partial charge is 0.347 e. The Labute approximate surface area is 102 Å². The Hall–Kier alpha value is -1.71. The van der Waals surface area contributed by atoms with Gasteiger partial charge in [-0.15, -0.1) is 0 Å². The predicted octanol–water partition coefficient (Wildman–Crippen LogP) is 2.75. The number of hydrogen-bond acceptors (Lipinski definition) is 3. The third kappa shape index (κ3) is 3.98. The average Bonchev–Trinajstić information content (AvgIpc) is 2.27. The molecule has 1 rings (SSSR count). The van der Waals surface area contributed by atoms with Gasteiger partial charge in [0, 0.05) is 12.2 Å². The molecule has 0 spiro atoms. The topological polar surface area (TPSA) is 58.6 Å². The largest absolute Gasteiger partial charge is 0.478 e. The first-order chi connectivity index (χ1) is 7.95. The molecule has 4 heteroatoms. The van der Waals surface area contributed by atoms with E-state index in [1.807, 2.05) is 12.1 Å². The lowest BCUT2D eigenvalue weighted by Crippen LogP contribution is -2.37. The first-order valence-corrected chi connectivity index (χ1v) is 5.72. The van der Waals surface area contributed by atoms with Crippen LogP contribution >= 0.6 is 0 Å². The van der Waals surface area contributed by atoms with E-state index in [0.29, 0.717) is 5.75 Å². The van der Waals surface area contributed by atoms with E-state index in [1.54, 1.807) is 12.1 Å². The fourth-order valence-electron chi connectivity index (χ4n) is 1.25. The molecular formula is C13H19NO3. The molecule has 0 fully saturated rings. The predicted molar refractivity (Wildman–Crippen MR) is 67.6 cm³/mol. The Balaban J connectivity index is 2.65. The van der Waals surface area contributed by atoms with Crippen molar-refractivity contribution in [1.29, 1.82) is 0 Å². The van der Waals surface area contributed by atoms with E-state index < -0.39 is 11.6 Å². The molecule has 1 aromatic rings. The van der Waals surface area contributed by atoms with Gasteiger partial charge in [0.05, 0.1) is 0 Å². The molecule has 0 aliphatic rings. The van der Waals surface area contributed by atoms with Crippen LogP contribution in [0.3, 0.4) is 0 Å². The van der Waals surface area contributed by atoms with Gasteiger partial charge in [0.25, 0.3) is 0 Å². The zero-order chi connectivity index (χ0) is 12.9. The summed E-state index contributed by atoms with van der Waals surface area (Å²) in [5.74, 6) is -0.426. The number of rotatable bonds is 6. The Morgan fingerprint density at radius 2 is 1.94 bits per heavy atom. The van der Waals surface area contributed by atoms with E-state index in [0.717, 1.165) is 18.7 Å². The molecular weight excluding hydrogens is 218 g/mol. The van der Waals surface area contributed by atoms with Gasteiger partial charge < -0.3 is 15.2 Å². The molecule has 0 aliphatic carbocycles. The van der Waals surface area contributed by atoms with Crippen LogP contribution in [0.2, 0.25) is 0 Å². The molecule has 0 radical (unpaired) electrons. The van der Waals surface area contributed by atoms with Crippen LogP contribution in [0.15, 0.2) is 24.3 Å². The molecule has 0 bridgehead atoms. The van der Waals surface area contributed by atoms with Crippen molar-refractivity contribution in [2.24, 2.45) is 0 Å². The molecule has 0 unspecified atom stereocenters. The zero-order valence-electron chi connectivity index (χ0n) is 10.5. The number of carboxylic acids is 1. The van der Waals surface area contributed by atoms with Crippen molar-refractivity contribution in [3.05, 3.63) is 24.3 Å². The fraction of sp³-hybridized carbons (Fsp3) is 0.462. The summed E-state index contributed by atoms with van der Waals surface area (Å²) >= 11 is 0. The van der Waals surface area contributed by atoms with Crippen LogP contribution in [0, 0.1) is 0 Å². The Morgan fingerprint density at radius 3 is 2.41 bits per heavy atom. The van der Waals surface area contributed by atoms with Crippen molar-refractivity contribution >= 4 is 11.7 Å². The van der Waals surface area contributed by atoms with Gasteiger partial charge >= 0.3 is 5.97 Å². The van der Waals surface area contributed by atoms with Gasteiger partial charge in [-0.05, 0) is 44.5 Å². The van der Waals surface area contributed by atoms with Gasteiger partial charge in [0.15, 0.2) is 5.60 Å². The van der Waals surface area contributed by atoms with Crippen LogP contribution in [0.5, 0.6) is 5.75 Å². The van der Waals surface area contributed by atoms with Crippen LogP contribution in [-0.2, 0) is 4.79 Å². The lowest BCUT2D eigenvalue weighted by atomic mass is 10.1. The molecule has 1 aromatic carbocycles. The van der Waals surface area contributed by atoms with E-state index >= 15 is 0 Å². The molecule has 4 nitrogen and oxygen atoms in total. The van der Waals surface area contributed by atoms with Crippen molar-refractivity contribution in [3.63, 3.8) is 0 Å². The summed E-state index contributed by atoms with van der Waals surface area (Å²) in [6, 6.07) is 7.29. The van der Waals surface area contributed by atoms with Gasteiger partial charge in [-0.3, -0.25) is 0 Å². The second kappa shape index (κ2) is 5.57. The molecule has 0 aromatic heterocycles. The second-order valence-electron chi connectivity index (χ2n) is 4.37. The molecule has 17 heavy (non-hydrogen) atoms. The summed E-state index contributed by atoms with van der Waals surface area (Å²) in [4.78, 5) is 10.9. The maximum Gasteiger partial charge on any atom is 0.347 e. The highest BCUT2D eigenvalue weighted by molar-refractivity contribution is 5.76. The number of nitrogens with one attached hydrogen (secondary N) is 1. The lowest BCUT2D eigenvalue weighted by Gasteiger charge is -2.21. The van der Waals surface area contributed by atoms with Gasteiger partial charge in [0.2, 0.25) is 0 Å². The van der Waals surface area contributed by atoms with Crippen LogP contribution in [-0.4, -0.2) is 23.2 Å². The summed E-state index contributed by atoms with van der Waals surface area (Å²) in [6.45, 7) is 6.07. The number of carboxylic acid groups (broad SMARTS) is 1. The van der Waals surface area contributed by atoms with Gasteiger partial charge in [-0.25, -0.2) is 4.79 Å². The van der Waals surface area contributed by atoms with Crippen molar-refractivity contribution in [2.45, 2.75) is 32.8 Å². The van der Waals surface area contributed by atoms with Crippen molar-refractivity contribution in [1.82, 2.24) is 0 Å². The Bertz CT molecular complexity index is 371. The number of aliphatic carboxylic acids is 1. The Morgan fingerprint density at radius 1 is 1.35 bits per heavy atom. The van der Waals surface area contributed by atoms with E-state index in [4.69, 9.17) is 9.84 Å². The summed E-state index contributed by atoms with van der Waals surface area (Å²) in [7, 11) is 0. The van der Waals surface area contributed by atoms with Gasteiger partial charge in [0.1, 0.15) is 5.75 Å². The second-order valence-corrected chi connectivity index (χ2v) is 4.37. The third-order valence-electron chi connectivity index (χ3n) is 2.32. The van der Waals surface area contributed by atoms with Gasteiger partial charge in [-0.1, -0.05) is 6.92 Å². The molecule has 0 atom stereocenters. The maximum atomic E-state index is 10.9. The minimum Gasteiger partial charge on any atom is -0.478 e. The fourth-order valence-corrected chi connectivity index (χ4v) is 1.25. The molecule has 0 heterocycles. The molecule has 0 saturated heterocycles. The van der Waals surface area contributed by atoms with Crippen molar-refractivity contribution in [2.75, 3.05) is 11.9 Å². The highest BCUT2D eigenvalue weighted by Gasteiger charge is 2.29. The summed E-state index contributed by atoms with van der Waals surface area (Å²) in [6.07, 6.45) is 1.06. The molecule has 0 aliphatic heterocycles. The third-order valence-corrected chi connectivity index (χ3v) is 2.32. The van der Waals surface area contributed by atoms with Crippen molar-refractivity contribution in [3.8, 4) is 5.75 Å². The highest BCUT2D eigenvalue weighted by Crippen LogP contribution is 2.20. The number of benzene rings is 1. The maximum absolute atomic E-state index is 10.9. The zero-order valence-corrected chi connectivity index (χ0v) is 10.5. The summed E-state index contributed by atoms with van der Waals surface area (Å²) in [5.41, 5.74) is -0.203. The van der Waals surface area contributed by atoms with E-state index in [1.165, 1.54) is 13.8 Å². The molecule has 0 saturated carbocycles. The standard InChI is InChI=1S/C13H19NO3/c1-4-9-14-10-5-7-11(8-6-10)17-13(2,3)12(15)16/h5-8,14H,4,9H2,1-3H3,(H,15,16). The van der Waals surface area contributed by atoms with Crippen LogP contribution in [0.1, 0.15) is 27.2 Å². The van der Waals surface area contributed by atoms with Crippen LogP contribution in [0.25, 0.3) is 0 Å². The van der Waals surface area contributed by atoms with Crippen LogP contribution < -0.4 is 10.1 Å². The normalized spacial score (nSPS) is 11.0. The minimum atomic E-state index is -1.21. The molecule has 2 N–H and O–H groups in total. The van der Waals surface area contributed by atoms with E-state index in [2.05, 4.69) is 12.2 Å². The quantitative estimate of drug-likeness (QED) is 0.798. The van der Waals surface area contributed by atoms with E-state index in [9.17, 15) is 4.79 Å². The number of anilines is 1. The SMILES string of the molecule is CCCNc1ccc(OC(C)(C)C(=O)O)cc1. The van der Waals surface area contributed by atoms with Gasteiger partial charge in [-0.2, -0.15) is 0 Å². The first-order valence-electron chi connectivity index (χ1n) is 5.72. The number of ether oxygens (including phenoxy) is 1. The average molecular weight is 237 g/mol. The van der Waals surface area contributed by atoms with Crippen LogP contribution in [0.4, 0.5) is 5.69 Å².